The molecule has 100 valence electrons. The lowest BCUT2D eigenvalue weighted by Gasteiger charge is -2.12. The lowest BCUT2D eigenvalue weighted by Crippen LogP contribution is -2.13. The maximum Gasteiger partial charge on any atom is 0.422 e. The van der Waals surface area contributed by atoms with Crippen molar-refractivity contribution in [3.63, 3.8) is 0 Å². The predicted octanol–water partition coefficient (Wildman–Crippen LogP) is 4.18. The van der Waals surface area contributed by atoms with Crippen LogP contribution in [0, 0.1) is 17.5 Å². The second kappa shape index (κ2) is 4.56. The van der Waals surface area contributed by atoms with Gasteiger partial charge in [0.2, 0.25) is 0 Å². The van der Waals surface area contributed by atoms with Crippen LogP contribution in [0.4, 0.5) is 26.3 Å². The van der Waals surface area contributed by atoms with Gasteiger partial charge in [-0.05, 0) is 18.2 Å². The molecule has 1 aromatic heterocycles. The fraction of sp³-hybridized carbons (Fsp3) is 0.0833. The Balaban J connectivity index is 2.69. The average Bonchev–Trinajstić information content (AvgIpc) is 2.33. The van der Waals surface area contributed by atoms with E-state index in [9.17, 15) is 26.3 Å². The quantitative estimate of drug-likeness (QED) is 0.562. The molecule has 2 aromatic rings. The Hall–Kier alpha value is -2.05. The summed E-state index contributed by atoms with van der Waals surface area (Å²) in [4.78, 5) is 3.63. The van der Waals surface area contributed by atoms with Crippen LogP contribution < -0.4 is 0 Å². The lowest BCUT2D eigenvalue weighted by molar-refractivity contribution is -0.142. The molecule has 1 nitrogen and oxygen atoms in total. The minimum atomic E-state index is -5.31. The van der Waals surface area contributed by atoms with Crippen molar-refractivity contribution in [2.45, 2.75) is 6.18 Å². The molecule has 1 aromatic carbocycles. The minimum absolute atomic E-state index is 0.161. The molecule has 0 aliphatic heterocycles. The van der Waals surface area contributed by atoms with Gasteiger partial charge in [-0.1, -0.05) is 6.07 Å². The summed E-state index contributed by atoms with van der Waals surface area (Å²) in [6.45, 7) is 0. The Bertz CT molecular complexity index is 606. The van der Waals surface area contributed by atoms with Crippen LogP contribution >= 0.6 is 0 Å². The Morgan fingerprint density at radius 1 is 0.947 bits per heavy atom. The second-order valence-electron chi connectivity index (χ2n) is 3.62. The standard InChI is InChI=1S/C12H5F6N/c13-7-5-6(8-3-1-2-4-19-8)10(14)11(15)9(7)12(16,17)18/h1-5H. The molecular weight excluding hydrogens is 272 g/mol. The number of nitrogens with zero attached hydrogens (tertiary/aromatic N) is 1. The summed E-state index contributed by atoms with van der Waals surface area (Å²) in [5, 5.41) is 0. The average molecular weight is 277 g/mol. The number of halogens is 6. The van der Waals surface area contributed by atoms with Crippen molar-refractivity contribution >= 4 is 0 Å². The van der Waals surface area contributed by atoms with Crippen molar-refractivity contribution in [2.75, 3.05) is 0 Å². The van der Waals surface area contributed by atoms with Crippen molar-refractivity contribution in [1.29, 1.82) is 0 Å². The van der Waals surface area contributed by atoms with E-state index in [0.717, 1.165) is 0 Å². The normalized spacial score (nSPS) is 11.7. The fourth-order valence-corrected chi connectivity index (χ4v) is 1.56. The molecule has 0 bridgehead atoms. The van der Waals surface area contributed by atoms with Gasteiger partial charge >= 0.3 is 6.18 Å². The highest BCUT2D eigenvalue weighted by Crippen LogP contribution is 2.37. The fourth-order valence-electron chi connectivity index (χ4n) is 1.56. The zero-order valence-electron chi connectivity index (χ0n) is 9.10. The van der Waals surface area contributed by atoms with E-state index in [-0.39, 0.29) is 11.8 Å². The van der Waals surface area contributed by atoms with Crippen LogP contribution in [0.3, 0.4) is 0 Å². The first-order valence-corrected chi connectivity index (χ1v) is 4.98. The number of pyridine rings is 1. The van der Waals surface area contributed by atoms with Gasteiger partial charge in [0.25, 0.3) is 0 Å². The highest BCUT2D eigenvalue weighted by molar-refractivity contribution is 5.61. The molecule has 0 unspecified atom stereocenters. The molecule has 0 aliphatic rings. The van der Waals surface area contributed by atoms with Crippen molar-refractivity contribution in [2.24, 2.45) is 0 Å². The zero-order valence-corrected chi connectivity index (χ0v) is 9.10. The van der Waals surface area contributed by atoms with Crippen molar-refractivity contribution in [1.82, 2.24) is 4.98 Å². The first-order valence-electron chi connectivity index (χ1n) is 4.98. The summed E-state index contributed by atoms with van der Waals surface area (Å²) in [7, 11) is 0. The summed E-state index contributed by atoms with van der Waals surface area (Å²) in [5.74, 6) is -5.94. The van der Waals surface area contributed by atoms with Gasteiger partial charge in [0.1, 0.15) is 11.4 Å². The third-order valence-electron chi connectivity index (χ3n) is 2.38. The number of aromatic nitrogens is 1. The first kappa shape index (κ1) is 13.4. The first-order chi connectivity index (χ1) is 8.82. The molecule has 0 radical (unpaired) electrons. The SMILES string of the molecule is Fc1cc(-c2ccccn2)c(F)c(F)c1C(F)(F)F. The van der Waals surface area contributed by atoms with E-state index in [1.165, 1.54) is 24.4 Å². The van der Waals surface area contributed by atoms with E-state index in [4.69, 9.17) is 0 Å². The Labute approximate surface area is 103 Å². The number of rotatable bonds is 1. The molecule has 0 saturated heterocycles. The number of hydrogen-bond donors (Lipinski definition) is 0. The van der Waals surface area contributed by atoms with E-state index < -0.39 is 34.8 Å². The van der Waals surface area contributed by atoms with E-state index in [1.54, 1.807) is 0 Å². The maximum atomic E-state index is 13.6. The highest BCUT2D eigenvalue weighted by atomic mass is 19.4. The Kier molecular flexibility index (Phi) is 3.21. The van der Waals surface area contributed by atoms with Gasteiger partial charge in [0.05, 0.1) is 5.69 Å². The third-order valence-corrected chi connectivity index (χ3v) is 2.38. The molecule has 0 amide bonds. The molecule has 0 aliphatic carbocycles. The van der Waals surface area contributed by atoms with Crippen LogP contribution in [-0.2, 0) is 6.18 Å². The van der Waals surface area contributed by atoms with Gasteiger partial charge in [0.15, 0.2) is 11.6 Å². The number of alkyl halides is 3. The van der Waals surface area contributed by atoms with E-state index in [2.05, 4.69) is 4.98 Å². The van der Waals surface area contributed by atoms with Gasteiger partial charge in [-0.25, -0.2) is 13.2 Å². The summed E-state index contributed by atoms with van der Waals surface area (Å²) in [5.41, 5.74) is -3.07. The van der Waals surface area contributed by atoms with Gasteiger partial charge in [0, 0.05) is 11.8 Å². The van der Waals surface area contributed by atoms with Gasteiger partial charge in [-0.3, -0.25) is 4.98 Å². The van der Waals surface area contributed by atoms with Crippen molar-refractivity contribution < 1.29 is 26.3 Å². The summed E-state index contributed by atoms with van der Waals surface area (Å²) >= 11 is 0. The van der Waals surface area contributed by atoms with Crippen LogP contribution in [0.2, 0.25) is 0 Å². The molecule has 19 heavy (non-hydrogen) atoms. The Morgan fingerprint density at radius 3 is 2.16 bits per heavy atom. The maximum absolute atomic E-state index is 13.6. The van der Waals surface area contributed by atoms with Gasteiger partial charge < -0.3 is 0 Å². The Morgan fingerprint density at radius 2 is 1.63 bits per heavy atom. The molecule has 7 heteroatoms. The molecule has 0 fully saturated rings. The molecule has 0 spiro atoms. The topological polar surface area (TPSA) is 12.9 Å². The molecule has 0 saturated carbocycles. The van der Waals surface area contributed by atoms with Crippen molar-refractivity contribution in [3.8, 4) is 11.3 Å². The monoisotopic (exact) mass is 277 g/mol. The molecule has 1 heterocycles. The van der Waals surface area contributed by atoms with E-state index >= 15 is 0 Å². The molecule has 0 atom stereocenters. The largest absolute Gasteiger partial charge is 0.422 e. The third kappa shape index (κ3) is 2.40. The van der Waals surface area contributed by atoms with Crippen molar-refractivity contribution in [3.05, 3.63) is 53.5 Å². The molecular formula is C12H5F6N. The number of benzene rings is 1. The van der Waals surface area contributed by atoms with E-state index in [1.807, 2.05) is 0 Å². The van der Waals surface area contributed by atoms with E-state index in [0.29, 0.717) is 0 Å². The van der Waals surface area contributed by atoms with Gasteiger partial charge in [-0.2, -0.15) is 13.2 Å². The number of hydrogen-bond acceptors (Lipinski definition) is 1. The van der Waals surface area contributed by atoms with Crippen LogP contribution in [-0.4, -0.2) is 4.98 Å². The lowest BCUT2D eigenvalue weighted by atomic mass is 10.1. The molecule has 0 N–H and O–H groups in total. The highest BCUT2D eigenvalue weighted by Gasteiger charge is 2.40. The minimum Gasteiger partial charge on any atom is -0.256 e. The van der Waals surface area contributed by atoms with Crippen LogP contribution in [0.25, 0.3) is 11.3 Å². The summed E-state index contributed by atoms with van der Waals surface area (Å²) in [6.07, 6.45) is -4.08. The summed E-state index contributed by atoms with van der Waals surface area (Å²) < 4.78 is 77.3. The smallest absolute Gasteiger partial charge is 0.256 e. The van der Waals surface area contributed by atoms with Gasteiger partial charge in [-0.15, -0.1) is 0 Å². The summed E-state index contributed by atoms with van der Waals surface area (Å²) in [6, 6.07) is 4.39. The van der Waals surface area contributed by atoms with Crippen LogP contribution in [0.15, 0.2) is 30.5 Å². The predicted molar refractivity (Wildman–Crippen MR) is 54.5 cm³/mol. The van der Waals surface area contributed by atoms with Crippen LogP contribution in [0.5, 0.6) is 0 Å². The van der Waals surface area contributed by atoms with Crippen LogP contribution in [0.1, 0.15) is 5.56 Å². The second-order valence-corrected chi connectivity index (χ2v) is 3.62. The zero-order chi connectivity index (χ0) is 14.2. The molecule has 2 rings (SSSR count).